The predicted octanol–water partition coefficient (Wildman–Crippen LogP) is 3.80. The molecular weight excluding hydrogens is 276 g/mol. The van der Waals surface area contributed by atoms with Crippen molar-refractivity contribution in [1.29, 1.82) is 0 Å². The minimum atomic E-state index is -4.88. The third kappa shape index (κ3) is 5.82. The average Bonchev–Trinajstić information content (AvgIpc) is 2.22. The van der Waals surface area contributed by atoms with Crippen LogP contribution >= 0.6 is 0 Å². The summed E-state index contributed by atoms with van der Waals surface area (Å²) in [5, 5.41) is 2.41. The molecule has 0 saturated carbocycles. The average molecular weight is 287 g/mol. The van der Waals surface area contributed by atoms with Crippen molar-refractivity contribution in [2.45, 2.75) is 25.0 Å². The lowest BCUT2D eigenvalue weighted by molar-refractivity contribution is -0.274. The second-order valence-corrected chi connectivity index (χ2v) is 3.78. The van der Waals surface area contributed by atoms with Crippen LogP contribution in [0.5, 0.6) is 5.75 Å². The van der Waals surface area contributed by atoms with Crippen LogP contribution in [0.15, 0.2) is 24.3 Å². The first kappa shape index (κ1) is 15.6. The van der Waals surface area contributed by atoms with Gasteiger partial charge >= 0.3 is 12.5 Å². The molecule has 0 fully saturated rings. The minimum absolute atomic E-state index is 0.0709. The third-order valence-corrected chi connectivity index (χ3v) is 2.28. The van der Waals surface area contributed by atoms with Crippen molar-refractivity contribution in [3.05, 3.63) is 29.8 Å². The van der Waals surface area contributed by atoms with Crippen molar-refractivity contribution in [3.8, 4) is 5.75 Å². The van der Waals surface area contributed by atoms with Crippen molar-refractivity contribution in [2.24, 2.45) is 0 Å². The first-order valence-electron chi connectivity index (χ1n) is 5.20. The smallest absolute Gasteiger partial charge is 0.406 e. The lowest BCUT2D eigenvalue weighted by Gasteiger charge is -2.19. The van der Waals surface area contributed by atoms with Gasteiger partial charge in [0.1, 0.15) is 5.75 Å². The summed E-state index contributed by atoms with van der Waals surface area (Å²) in [7, 11) is 1.30. The molecule has 2 nitrogen and oxygen atoms in total. The molecule has 1 rings (SSSR count). The molecule has 0 aliphatic rings. The fourth-order valence-corrected chi connectivity index (χ4v) is 1.55. The second-order valence-electron chi connectivity index (χ2n) is 3.78. The highest BCUT2D eigenvalue weighted by Crippen LogP contribution is 2.31. The Kier molecular flexibility index (Phi) is 4.67. The summed E-state index contributed by atoms with van der Waals surface area (Å²) >= 11 is 0. The molecule has 1 aromatic rings. The number of ether oxygens (including phenoxy) is 1. The van der Waals surface area contributed by atoms with E-state index in [9.17, 15) is 26.3 Å². The zero-order valence-corrected chi connectivity index (χ0v) is 9.77. The molecule has 8 heteroatoms. The molecule has 0 saturated heterocycles. The summed E-state index contributed by atoms with van der Waals surface area (Å²) in [5.74, 6) is -0.549. The minimum Gasteiger partial charge on any atom is -0.406 e. The van der Waals surface area contributed by atoms with Gasteiger partial charge < -0.3 is 10.1 Å². The van der Waals surface area contributed by atoms with E-state index in [1.54, 1.807) is 0 Å². The van der Waals surface area contributed by atoms with Crippen LogP contribution in [0.1, 0.15) is 18.0 Å². The van der Waals surface area contributed by atoms with Gasteiger partial charge in [-0.1, -0.05) is 12.1 Å². The van der Waals surface area contributed by atoms with Crippen molar-refractivity contribution in [1.82, 2.24) is 5.32 Å². The van der Waals surface area contributed by atoms with Crippen LogP contribution in [0.4, 0.5) is 26.3 Å². The van der Waals surface area contributed by atoms with E-state index in [-0.39, 0.29) is 5.56 Å². The van der Waals surface area contributed by atoms with Crippen LogP contribution in [0.25, 0.3) is 0 Å². The summed E-state index contributed by atoms with van der Waals surface area (Å²) in [6, 6.07) is 3.34. The molecule has 0 amide bonds. The summed E-state index contributed by atoms with van der Waals surface area (Å²) in [5.41, 5.74) is 0.0709. The highest BCUT2D eigenvalue weighted by molar-refractivity contribution is 5.30. The number of hydrogen-bond acceptors (Lipinski definition) is 2. The Morgan fingerprint density at radius 1 is 1.16 bits per heavy atom. The molecule has 1 aromatic carbocycles. The number of hydrogen-bond donors (Lipinski definition) is 1. The van der Waals surface area contributed by atoms with Gasteiger partial charge in [0.05, 0.1) is 6.42 Å². The van der Waals surface area contributed by atoms with Crippen molar-refractivity contribution < 1.29 is 31.1 Å². The van der Waals surface area contributed by atoms with Crippen LogP contribution in [0.3, 0.4) is 0 Å². The van der Waals surface area contributed by atoms with Crippen molar-refractivity contribution in [2.75, 3.05) is 7.05 Å². The molecule has 0 aliphatic carbocycles. The third-order valence-electron chi connectivity index (χ3n) is 2.28. The van der Waals surface area contributed by atoms with E-state index < -0.39 is 30.8 Å². The summed E-state index contributed by atoms with van der Waals surface area (Å²) in [6.07, 6.45) is -10.5. The van der Waals surface area contributed by atoms with Gasteiger partial charge in [0.15, 0.2) is 0 Å². The van der Waals surface area contributed by atoms with E-state index in [2.05, 4.69) is 10.1 Å². The van der Waals surface area contributed by atoms with Gasteiger partial charge in [0.25, 0.3) is 0 Å². The first-order valence-corrected chi connectivity index (χ1v) is 5.20. The number of alkyl halides is 6. The number of benzene rings is 1. The predicted molar refractivity (Wildman–Crippen MR) is 55.6 cm³/mol. The largest absolute Gasteiger partial charge is 0.573 e. The molecule has 1 N–H and O–H groups in total. The Labute approximate surface area is 105 Å². The Bertz CT molecular complexity index is 414. The topological polar surface area (TPSA) is 21.3 Å². The lowest BCUT2D eigenvalue weighted by Crippen LogP contribution is -2.24. The Morgan fingerprint density at radius 3 is 2.26 bits per heavy atom. The van der Waals surface area contributed by atoms with E-state index >= 15 is 0 Å². The maximum absolute atomic E-state index is 12.3. The fraction of sp³-hybridized carbons (Fsp3) is 0.455. The molecule has 108 valence electrons. The molecule has 0 aliphatic heterocycles. The zero-order chi connectivity index (χ0) is 14.7. The van der Waals surface area contributed by atoms with E-state index in [0.717, 1.165) is 12.1 Å². The van der Waals surface area contributed by atoms with Crippen LogP contribution in [0.2, 0.25) is 0 Å². The van der Waals surface area contributed by atoms with Gasteiger partial charge in [-0.2, -0.15) is 13.2 Å². The molecule has 19 heavy (non-hydrogen) atoms. The number of halogens is 6. The molecule has 1 unspecified atom stereocenters. The molecule has 0 radical (unpaired) electrons. The molecule has 0 heterocycles. The second kappa shape index (κ2) is 5.68. The standard InChI is InChI=1S/C11H11F6NO/c1-18-9(6-10(12,13)14)7-3-2-4-8(5-7)19-11(15,16)17/h2-5,9,18H,6H2,1H3. The maximum atomic E-state index is 12.3. The zero-order valence-electron chi connectivity index (χ0n) is 9.77. The normalized spacial score (nSPS) is 14.3. The Hall–Kier alpha value is -1.44. The van der Waals surface area contributed by atoms with Gasteiger partial charge in [-0.3, -0.25) is 0 Å². The molecule has 0 aromatic heterocycles. The van der Waals surface area contributed by atoms with Gasteiger partial charge in [-0.25, -0.2) is 0 Å². The summed E-state index contributed by atoms with van der Waals surface area (Å²) in [4.78, 5) is 0. The quantitative estimate of drug-likeness (QED) is 0.850. The van der Waals surface area contributed by atoms with Crippen LogP contribution in [0, 0.1) is 0 Å². The van der Waals surface area contributed by atoms with Gasteiger partial charge in [0.2, 0.25) is 0 Å². The summed E-state index contributed by atoms with van der Waals surface area (Å²) < 4.78 is 76.6. The molecule has 0 bridgehead atoms. The van der Waals surface area contributed by atoms with E-state index in [0.29, 0.717) is 0 Å². The fourth-order valence-electron chi connectivity index (χ4n) is 1.55. The molecular formula is C11H11F6NO. The van der Waals surface area contributed by atoms with Crippen LogP contribution in [-0.4, -0.2) is 19.6 Å². The van der Waals surface area contributed by atoms with E-state index in [1.165, 1.54) is 19.2 Å². The number of rotatable bonds is 4. The highest BCUT2D eigenvalue weighted by atomic mass is 19.4. The summed E-state index contributed by atoms with van der Waals surface area (Å²) in [6.45, 7) is 0. The van der Waals surface area contributed by atoms with Gasteiger partial charge in [-0.15, -0.1) is 13.2 Å². The van der Waals surface area contributed by atoms with Crippen LogP contribution in [-0.2, 0) is 0 Å². The van der Waals surface area contributed by atoms with E-state index in [1.807, 2.05) is 0 Å². The Morgan fingerprint density at radius 2 is 1.79 bits per heavy atom. The van der Waals surface area contributed by atoms with Crippen LogP contribution < -0.4 is 10.1 Å². The first-order chi connectivity index (χ1) is 8.61. The Balaban J connectivity index is 2.90. The van der Waals surface area contributed by atoms with E-state index in [4.69, 9.17) is 0 Å². The number of nitrogens with one attached hydrogen (secondary N) is 1. The molecule has 0 spiro atoms. The molecule has 1 atom stereocenters. The lowest BCUT2D eigenvalue weighted by atomic mass is 10.0. The maximum Gasteiger partial charge on any atom is 0.573 e. The van der Waals surface area contributed by atoms with Crippen molar-refractivity contribution >= 4 is 0 Å². The van der Waals surface area contributed by atoms with Gasteiger partial charge in [-0.05, 0) is 24.7 Å². The van der Waals surface area contributed by atoms with Gasteiger partial charge in [0, 0.05) is 6.04 Å². The highest BCUT2D eigenvalue weighted by Gasteiger charge is 2.33. The van der Waals surface area contributed by atoms with Crippen molar-refractivity contribution in [3.63, 3.8) is 0 Å². The monoisotopic (exact) mass is 287 g/mol. The SMILES string of the molecule is CNC(CC(F)(F)F)c1cccc(OC(F)(F)F)c1.